The molecule has 0 bridgehead atoms. The Morgan fingerprint density at radius 1 is 1.19 bits per heavy atom. The Morgan fingerprint density at radius 3 is 2.77 bits per heavy atom. The zero-order valence-electron chi connectivity index (χ0n) is 14.3. The summed E-state index contributed by atoms with van der Waals surface area (Å²) in [7, 11) is -3.33. The second-order valence-electron chi connectivity index (χ2n) is 6.14. The molecule has 3 heterocycles. The molecule has 8 nitrogen and oxygen atoms in total. The van der Waals surface area contributed by atoms with Crippen LogP contribution in [0.3, 0.4) is 0 Å². The van der Waals surface area contributed by atoms with Crippen molar-refractivity contribution in [2.75, 3.05) is 42.2 Å². The van der Waals surface area contributed by atoms with Crippen LogP contribution in [0.2, 0.25) is 0 Å². The molecule has 0 spiro atoms. The standard InChI is InChI=1S/C17H19N5O3S/c1-26(23,24)20-14-4-2-3-13(11-14)15-12-19-17-16(18-5-6-22(15)17)21-7-9-25-10-8-21/h2-6,11-12,20H,7-10H2,1H3. The Bertz CT molecular complexity index is 1040. The molecule has 0 saturated carbocycles. The van der Waals surface area contributed by atoms with Crippen LogP contribution in [0.15, 0.2) is 42.9 Å². The van der Waals surface area contributed by atoms with Crippen molar-refractivity contribution < 1.29 is 13.2 Å². The number of hydrogen-bond donors (Lipinski definition) is 1. The topological polar surface area (TPSA) is 88.8 Å². The van der Waals surface area contributed by atoms with Gasteiger partial charge in [0, 0.05) is 36.7 Å². The van der Waals surface area contributed by atoms with Crippen molar-refractivity contribution in [1.82, 2.24) is 14.4 Å². The van der Waals surface area contributed by atoms with E-state index in [2.05, 4.69) is 19.6 Å². The molecular weight excluding hydrogens is 354 g/mol. The number of nitrogens with one attached hydrogen (secondary N) is 1. The second-order valence-corrected chi connectivity index (χ2v) is 7.89. The zero-order chi connectivity index (χ0) is 18.1. The SMILES string of the molecule is CS(=O)(=O)Nc1cccc(-c2cnc3c(N4CCOCC4)nccn23)c1. The molecule has 1 aliphatic heterocycles. The summed E-state index contributed by atoms with van der Waals surface area (Å²) in [5.74, 6) is 0.826. The smallest absolute Gasteiger partial charge is 0.229 e. The first kappa shape index (κ1) is 16.8. The van der Waals surface area contributed by atoms with Gasteiger partial charge in [0.1, 0.15) is 0 Å². The van der Waals surface area contributed by atoms with Crippen molar-refractivity contribution in [2.24, 2.45) is 0 Å². The van der Waals surface area contributed by atoms with E-state index in [4.69, 9.17) is 4.74 Å². The lowest BCUT2D eigenvalue weighted by molar-refractivity contribution is 0.122. The Hall–Kier alpha value is -2.65. The highest BCUT2D eigenvalue weighted by molar-refractivity contribution is 7.92. The maximum atomic E-state index is 11.5. The Kier molecular flexibility index (Phi) is 4.25. The van der Waals surface area contributed by atoms with Gasteiger partial charge in [-0.05, 0) is 12.1 Å². The van der Waals surface area contributed by atoms with Gasteiger partial charge in [0.25, 0.3) is 0 Å². The number of rotatable bonds is 4. The number of morpholine rings is 1. The van der Waals surface area contributed by atoms with Crippen LogP contribution >= 0.6 is 0 Å². The van der Waals surface area contributed by atoms with Gasteiger partial charge in [-0.3, -0.25) is 9.12 Å². The molecule has 1 saturated heterocycles. The third kappa shape index (κ3) is 3.35. The molecule has 3 aromatic rings. The summed E-state index contributed by atoms with van der Waals surface area (Å²) in [4.78, 5) is 11.2. The third-order valence-electron chi connectivity index (χ3n) is 4.18. The van der Waals surface area contributed by atoms with Crippen molar-refractivity contribution in [3.8, 4) is 11.3 Å². The first-order valence-corrected chi connectivity index (χ1v) is 10.1. The van der Waals surface area contributed by atoms with Crippen LogP contribution in [0.4, 0.5) is 11.5 Å². The lowest BCUT2D eigenvalue weighted by Crippen LogP contribution is -2.37. The Labute approximate surface area is 151 Å². The van der Waals surface area contributed by atoms with E-state index in [1.807, 2.05) is 22.7 Å². The van der Waals surface area contributed by atoms with Crippen LogP contribution in [-0.2, 0) is 14.8 Å². The average Bonchev–Trinajstić information content (AvgIpc) is 3.05. The summed E-state index contributed by atoms with van der Waals surface area (Å²) in [6, 6.07) is 7.24. The Balaban J connectivity index is 1.75. The fourth-order valence-corrected chi connectivity index (χ4v) is 3.63. The van der Waals surface area contributed by atoms with Gasteiger partial charge in [-0.15, -0.1) is 0 Å². The largest absolute Gasteiger partial charge is 0.378 e. The van der Waals surface area contributed by atoms with Gasteiger partial charge in [0.05, 0.1) is 31.4 Å². The molecule has 0 atom stereocenters. The van der Waals surface area contributed by atoms with Gasteiger partial charge < -0.3 is 9.64 Å². The summed E-state index contributed by atoms with van der Waals surface area (Å²) < 4.78 is 32.8. The van der Waals surface area contributed by atoms with E-state index in [0.29, 0.717) is 18.9 Å². The third-order valence-corrected chi connectivity index (χ3v) is 4.79. The second kappa shape index (κ2) is 6.58. The lowest BCUT2D eigenvalue weighted by atomic mass is 10.1. The van der Waals surface area contributed by atoms with Gasteiger partial charge in [0.15, 0.2) is 11.5 Å². The first-order valence-electron chi connectivity index (χ1n) is 8.24. The van der Waals surface area contributed by atoms with Crippen LogP contribution in [0.1, 0.15) is 0 Å². The van der Waals surface area contributed by atoms with E-state index in [0.717, 1.165) is 42.1 Å². The lowest BCUT2D eigenvalue weighted by Gasteiger charge is -2.27. The maximum absolute atomic E-state index is 11.5. The number of imidazole rings is 1. The van der Waals surface area contributed by atoms with E-state index in [1.165, 1.54) is 0 Å². The molecule has 1 aromatic carbocycles. The molecule has 1 aliphatic rings. The molecule has 1 N–H and O–H groups in total. The maximum Gasteiger partial charge on any atom is 0.229 e. The molecule has 2 aromatic heterocycles. The van der Waals surface area contributed by atoms with E-state index >= 15 is 0 Å². The highest BCUT2D eigenvalue weighted by Crippen LogP contribution is 2.27. The van der Waals surface area contributed by atoms with Crippen LogP contribution in [0.25, 0.3) is 16.9 Å². The fourth-order valence-electron chi connectivity index (χ4n) is 3.07. The molecular formula is C17H19N5O3S. The predicted molar refractivity (Wildman–Crippen MR) is 99.9 cm³/mol. The van der Waals surface area contributed by atoms with Gasteiger partial charge in [-0.1, -0.05) is 12.1 Å². The normalized spacial score (nSPS) is 15.3. The highest BCUT2D eigenvalue weighted by Gasteiger charge is 2.18. The number of aromatic nitrogens is 3. The highest BCUT2D eigenvalue weighted by atomic mass is 32.2. The van der Waals surface area contributed by atoms with Crippen LogP contribution < -0.4 is 9.62 Å². The number of fused-ring (bicyclic) bond motifs is 1. The summed E-state index contributed by atoms with van der Waals surface area (Å²) >= 11 is 0. The molecule has 9 heteroatoms. The van der Waals surface area contributed by atoms with Crippen LogP contribution in [0.5, 0.6) is 0 Å². The van der Waals surface area contributed by atoms with Crippen molar-refractivity contribution in [2.45, 2.75) is 0 Å². The number of nitrogens with zero attached hydrogens (tertiary/aromatic N) is 4. The van der Waals surface area contributed by atoms with Crippen molar-refractivity contribution in [1.29, 1.82) is 0 Å². The molecule has 0 unspecified atom stereocenters. The minimum atomic E-state index is -3.33. The molecule has 0 radical (unpaired) electrons. The fraction of sp³-hybridized carbons (Fsp3) is 0.294. The predicted octanol–water partition coefficient (Wildman–Crippen LogP) is 1.60. The van der Waals surface area contributed by atoms with Crippen molar-refractivity contribution in [3.63, 3.8) is 0 Å². The summed E-state index contributed by atoms with van der Waals surface area (Å²) in [6.45, 7) is 2.91. The number of ether oxygens (including phenoxy) is 1. The summed E-state index contributed by atoms with van der Waals surface area (Å²) in [6.07, 6.45) is 6.52. The molecule has 0 aliphatic carbocycles. The molecule has 26 heavy (non-hydrogen) atoms. The van der Waals surface area contributed by atoms with E-state index in [-0.39, 0.29) is 0 Å². The zero-order valence-corrected chi connectivity index (χ0v) is 15.1. The number of anilines is 2. The van der Waals surface area contributed by atoms with Crippen molar-refractivity contribution in [3.05, 3.63) is 42.9 Å². The molecule has 0 amide bonds. The van der Waals surface area contributed by atoms with Gasteiger partial charge in [-0.25, -0.2) is 18.4 Å². The summed E-state index contributed by atoms with van der Waals surface area (Å²) in [5, 5.41) is 0. The minimum Gasteiger partial charge on any atom is -0.378 e. The van der Waals surface area contributed by atoms with E-state index < -0.39 is 10.0 Å². The number of benzene rings is 1. The van der Waals surface area contributed by atoms with Crippen LogP contribution in [-0.4, -0.2) is 55.3 Å². The minimum absolute atomic E-state index is 0.516. The molecule has 136 valence electrons. The van der Waals surface area contributed by atoms with Crippen molar-refractivity contribution >= 4 is 27.2 Å². The quantitative estimate of drug-likeness (QED) is 0.747. The van der Waals surface area contributed by atoms with E-state index in [1.54, 1.807) is 24.5 Å². The number of hydrogen-bond acceptors (Lipinski definition) is 6. The van der Waals surface area contributed by atoms with Gasteiger partial charge >= 0.3 is 0 Å². The van der Waals surface area contributed by atoms with Gasteiger partial charge in [-0.2, -0.15) is 0 Å². The monoisotopic (exact) mass is 373 g/mol. The molecule has 4 rings (SSSR count). The number of sulfonamides is 1. The van der Waals surface area contributed by atoms with Gasteiger partial charge in [0.2, 0.25) is 10.0 Å². The summed E-state index contributed by atoms with van der Waals surface area (Å²) in [5.41, 5.74) is 3.02. The Morgan fingerprint density at radius 2 is 2.00 bits per heavy atom. The molecule has 1 fully saturated rings. The van der Waals surface area contributed by atoms with Crippen LogP contribution in [0, 0.1) is 0 Å². The first-order chi connectivity index (χ1) is 12.5. The average molecular weight is 373 g/mol. The van der Waals surface area contributed by atoms with E-state index in [9.17, 15) is 8.42 Å².